The van der Waals surface area contributed by atoms with Crippen molar-refractivity contribution in [3.63, 3.8) is 0 Å². The lowest BCUT2D eigenvalue weighted by Gasteiger charge is -2.41. The van der Waals surface area contributed by atoms with E-state index in [2.05, 4.69) is 15.6 Å². The zero-order chi connectivity index (χ0) is 17.0. The maximum absolute atomic E-state index is 12.2. The zero-order valence-corrected chi connectivity index (χ0v) is 15.0. The van der Waals surface area contributed by atoms with Crippen LogP contribution in [0.25, 0.3) is 0 Å². The molecule has 1 fully saturated rings. The highest BCUT2D eigenvalue weighted by molar-refractivity contribution is 6.35. The van der Waals surface area contributed by atoms with Gasteiger partial charge >= 0.3 is 6.03 Å². The van der Waals surface area contributed by atoms with Crippen molar-refractivity contribution in [2.45, 2.75) is 32.5 Å². The fraction of sp³-hybridized carbons (Fsp3) is 0.600. The van der Waals surface area contributed by atoms with E-state index in [1.165, 1.54) is 6.20 Å². The molecule has 0 saturated carbocycles. The molecule has 2 heterocycles. The van der Waals surface area contributed by atoms with Gasteiger partial charge in [-0.1, -0.05) is 23.2 Å². The minimum atomic E-state index is -0.325. The lowest BCUT2D eigenvalue weighted by molar-refractivity contribution is -0.117. The predicted molar refractivity (Wildman–Crippen MR) is 92.3 cm³/mol. The van der Waals surface area contributed by atoms with Gasteiger partial charge in [-0.3, -0.25) is 0 Å². The zero-order valence-electron chi connectivity index (χ0n) is 13.5. The first-order chi connectivity index (χ1) is 10.8. The van der Waals surface area contributed by atoms with Gasteiger partial charge < -0.3 is 20.3 Å². The van der Waals surface area contributed by atoms with Crippen molar-refractivity contribution in [1.82, 2.24) is 15.2 Å². The van der Waals surface area contributed by atoms with Crippen LogP contribution in [-0.2, 0) is 4.74 Å². The van der Waals surface area contributed by atoms with Gasteiger partial charge in [-0.2, -0.15) is 0 Å². The molecule has 0 aliphatic carbocycles. The molecule has 1 aliphatic heterocycles. The highest BCUT2D eigenvalue weighted by Crippen LogP contribution is 2.22. The van der Waals surface area contributed by atoms with Gasteiger partial charge in [-0.25, -0.2) is 9.78 Å². The quantitative estimate of drug-likeness (QED) is 0.809. The number of morpholine rings is 1. The van der Waals surface area contributed by atoms with Crippen LogP contribution in [-0.4, -0.2) is 53.8 Å². The van der Waals surface area contributed by atoms with Gasteiger partial charge in [0.15, 0.2) is 0 Å². The van der Waals surface area contributed by atoms with Crippen LogP contribution in [0, 0.1) is 0 Å². The van der Waals surface area contributed by atoms with Crippen LogP contribution < -0.4 is 10.6 Å². The summed E-state index contributed by atoms with van der Waals surface area (Å²) in [5.41, 5.74) is -0.325. The maximum Gasteiger partial charge on any atom is 0.317 e. The molecule has 6 nitrogen and oxygen atoms in total. The van der Waals surface area contributed by atoms with Gasteiger partial charge in [0.25, 0.3) is 0 Å². The van der Waals surface area contributed by atoms with Gasteiger partial charge in [-0.15, -0.1) is 0 Å². The van der Waals surface area contributed by atoms with Crippen LogP contribution in [0.3, 0.4) is 0 Å². The third kappa shape index (κ3) is 5.41. The number of amides is 2. The first-order valence-corrected chi connectivity index (χ1v) is 8.28. The van der Waals surface area contributed by atoms with E-state index in [0.29, 0.717) is 42.0 Å². The molecule has 2 rings (SSSR count). The number of nitrogens with one attached hydrogen (secondary N) is 2. The molecule has 8 heteroatoms. The lowest BCUT2D eigenvalue weighted by atomic mass is 10.1. The Bertz CT molecular complexity index is 568. The molecular weight excluding hydrogens is 339 g/mol. The molecule has 23 heavy (non-hydrogen) atoms. The molecule has 1 saturated heterocycles. The first-order valence-electron chi connectivity index (χ1n) is 7.52. The smallest absolute Gasteiger partial charge is 0.317 e. The number of rotatable bonds is 4. The fourth-order valence-corrected chi connectivity index (χ4v) is 3.06. The average molecular weight is 361 g/mol. The molecule has 1 aliphatic rings. The minimum absolute atomic E-state index is 0.0275. The Balaban J connectivity index is 1.76. The molecule has 0 spiro atoms. The number of anilines is 1. The molecule has 2 N–H and O–H groups in total. The van der Waals surface area contributed by atoms with Crippen molar-refractivity contribution in [3.05, 3.63) is 22.3 Å². The van der Waals surface area contributed by atoms with Crippen molar-refractivity contribution in [3.8, 4) is 0 Å². The number of hydrogen-bond acceptors (Lipinski definition) is 4. The summed E-state index contributed by atoms with van der Waals surface area (Å²) in [5, 5.41) is 6.88. The summed E-state index contributed by atoms with van der Waals surface area (Å²) in [5.74, 6) is 0.548. The van der Waals surface area contributed by atoms with E-state index < -0.39 is 0 Å². The predicted octanol–water partition coefficient (Wildman–Crippen LogP) is 3.01. The van der Waals surface area contributed by atoms with E-state index in [1.54, 1.807) is 11.0 Å². The van der Waals surface area contributed by atoms with Crippen LogP contribution in [0.1, 0.15) is 20.8 Å². The van der Waals surface area contributed by atoms with Crippen LogP contribution in [0.2, 0.25) is 10.0 Å². The number of nitrogens with zero attached hydrogens (tertiary/aromatic N) is 2. The summed E-state index contributed by atoms with van der Waals surface area (Å²) >= 11 is 11.8. The third-order valence-corrected chi connectivity index (χ3v) is 3.85. The van der Waals surface area contributed by atoms with Crippen LogP contribution >= 0.6 is 23.2 Å². The van der Waals surface area contributed by atoms with Crippen molar-refractivity contribution in [2.75, 3.05) is 31.5 Å². The van der Waals surface area contributed by atoms with Crippen molar-refractivity contribution in [1.29, 1.82) is 0 Å². The highest BCUT2D eigenvalue weighted by Gasteiger charge is 2.33. The molecule has 0 bridgehead atoms. The summed E-state index contributed by atoms with van der Waals surface area (Å²) in [6.45, 7) is 8.08. The molecule has 0 radical (unpaired) electrons. The summed E-state index contributed by atoms with van der Waals surface area (Å²) in [6.07, 6.45) is 1.55. The highest BCUT2D eigenvalue weighted by atomic mass is 35.5. The van der Waals surface area contributed by atoms with Crippen LogP contribution in [0.5, 0.6) is 0 Å². The van der Waals surface area contributed by atoms with Crippen molar-refractivity contribution >= 4 is 35.1 Å². The molecule has 1 aromatic rings. The Morgan fingerprint density at radius 2 is 2.22 bits per heavy atom. The fourth-order valence-electron chi connectivity index (χ4n) is 2.62. The van der Waals surface area contributed by atoms with E-state index >= 15 is 0 Å². The number of ether oxygens (including phenoxy) is 1. The second kappa shape index (κ2) is 7.55. The van der Waals surface area contributed by atoms with Gasteiger partial charge in [0.2, 0.25) is 0 Å². The summed E-state index contributed by atoms with van der Waals surface area (Å²) in [6, 6.07) is 1.53. The van der Waals surface area contributed by atoms with Crippen LogP contribution in [0.4, 0.5) is 10.6 Å². The number of carbonyl (C=O) groups is 1. The van der Waals surface area contributed by atoms with Crippen LogP contribution in [0.15, 0.2) is 12.3 Å². The van der Waals surface area contributed by atoms with Gasteiger partial charge in [0, 0.05) is 25.8 Å². The standard InChI is InChI=1S/C15H22Cl2N4O2/c1-10-8-21(9-15(2,3)23-10)14(22)19-5-4-18-13-12(17)6-11(16)7-20-13/h6-7,10H,4-5,8-9H2,1-3H3,(H,18,20)(H,19,22)/t10-/m1/s1. The number of halogens is 2. The Morgan fingerprint density at radius 1 is 1.48 bits per heavy atom. The molecule has 2 amide bonds. The summed E-state index contributed by atoms with van der Waals surface area (Å²) < 4.78 is 5.79. The first kappa shape index (κ1) is 18.1. The number of pyridine rings is 1. The maximum atomic E-state index is 12.2. The molecule has 0 unspecified atom stereocenters. The van der Waals surface area contributed by atoms with E-state index in [4.69, 9.17) is 27.9 Å². The average Bonchev–Trinajstić information content (AvgIpc) is 2.43. The third-order valence-electron chi connectivity index (χ3n) is 3.36. The van der Waals surface area contributed by atoms with Gasteiger partial charge in [-0.05, 0) is 26.8 Å². The molecule has 1 aromatic heterocycles. The largest absolute Gasteiger partial charge is 0.369 e. The van der Waals surface area contributed by atoms with E-state index in [0.717, 1.165) is 0 Å². The number of aromatic nitrogens is 1. The van der Waals surface area contributed by atoms with Gasteiger partial charge in [0.1, 0.15) is 5.82 Å². The molecular formula is C15H22Cl2N4O2. The van der Waals surface area contributed by atoms with Crippen molar-refractivity contribution < 1.29 is 9.53 Å². The Labute approximate surface area is 146 Å². The second-order valence-electron chi connectivity index (χ2n) is 6.21. The number of hydrogen-bond donors (Lipinski definition) is 2. The Morgan fingerprint density at radius 3 is 2.87 bits per heavy atom. The summed E-state index contributed by atoms with van der Waals surface area (Å²) in [4.78, 5) is 18.1. The van der Waals surface area contributed by atoms with Crippen molar-refractivity contribution in [2.24, 2.45) is 0 Å². The van der Waals surface area contributed by atoms with E-state index in [-0.39, 0.29) is 17.7 Å². The Hall–Kier alpha value is -1.24. The lowest BCUT2D eigenvalue weighted by Crippen LogP contribution is -2.56. The van der Waals surface area contributed by atoms with E-state index in [9.17, 15) is 4.79 Å². The second-order valence-corrected chi connectivity index (χ2v) is 7.05. The van der Waals surface area contributed by atoms with E-state index in [1.807, 2.05) is 20.8 Å². The Kier molecular flexibility index (Phi) is 5.95. The van der Waals surface area contributed by atoms with Gasteiger partial charge in [0.05, 0.1) is 28.3 Å². The molecule has 0 aromatic carbocycles. The normalized spacial score (nSPS) is 20.2. The molecule has 128 valence electrons. The topological polar surface area (TPSA) is 66.5 Å². The molecule has 1 atom stereocenters. The number of urea groups is 1. The minimum Gasteiger partial charge on any atom is -0.369 e. The summed E-state index contributed by atoms with van der Waals surface area (Å²) in [7, 11) is 0. The monoisotopic (exact) mass is 360 g/mol. The number of carbonyl (C=O) groups excluding carboxylic acids is 1. The SMILES string of the molecule is C[C@@H]1CN(C(=O)NCCNc2ncc(Cl)cc2Cl)CC(C)(C)O1.